The Bertz CT molecular complexity index is 813. The molecule has 1 heterocycles. The number of carbonyl (C=O) groups is 1. The fraction of sp³-hybridized carbons (Fsp3) is 0.0625. The molecule has 1 aromatic heterocycles. The van der Waals surface area contributed by atoms with E-state index in [1.54, 1.807) is 12.1 Å². The molecule has 0 saturated heterocycles. The van der Waals surface area contributed by atoms with Gasteiger partial charge < -0.3 is 4.42 Å². The third-order valence-electron chi connectivity index (χ3n) is 2.87. The summed E-state index contributed by atoms with van der Waals surface area (Å²) in [5.74, 6) is -0.468. The highest BCUT2D eigenvalue weighted by atomic mass is 32.2. The standard InChI is InChI=1S/C16H12FN3O2S/c17-12-7-5-11(6-8-12)9-18-20-15(21)10-23-16-19-13-3-1-2-4-14(13)22-16/h1-9H,10H2,(H,20,21). The van der Waals surface area contributed by atoms with Crippen LogP contribution in [0.4, 0.5) is 4.39 Å². The highest BCUT2D eigenvalue weighted by Crippen LogP contribution is 2.22. The number of nitrogens with one attached hydrogen (secondary N) is 1. The van der Waals surface area contributed by atoms with Crippen LogP contribution < -0.4 is 5.43 Å². The van der Waals surface area contributed by atoms with Gasteiger partial charge in [-0.25, -0.2) is 14.8 Å². The summed E-state index contributed by atoms with van der Waals surface area (Å²) in [4.78, 5) is 16.0. The smallest absolute Gasteiger partial charge is 0.257 e. The number of hydrogen-bond acceptors (Lipinski definition) is 5. The molecule has 0 radical (unpaired) electrons. The Morgan fingerprint density at radius 1 is 1.26 bits per heavy atom. The quantitative estimate of drug-likeness (QED) is 0.443. The van der Waals surface area contributed by atoms with E-state index in [2.05, 4.69) is 15.5 Å². The molecule has 0 saturated carbocycles. The largest absolute Gasteiger partial charge is 0.431 e. The second kappa shape index (κ2) is 7.06. The molecule has 0 aliphatic carbocycles. The van der Waals surface area contributed by atoms with E-state index in [0.717, 1.165) is 5.52 Å². The Morgan fingerprint density at radius 3 is 2.83 bits per heavy atom. The maximum absolute atomic E-state index is 12.7. The van der Waals surface area contributed by atoms with E-state index in [4.69, 9.17) is 4.42 Å². The van der Waals surface area contributed by atoms with Crippen molar-refractivity contribution in [3.05, 3.63) is 59.9 Å². The van der Waals surface area contributed by atoms with Crippen molar-refractivity contribution in [2.75, 3.05) is 5.75 Å². The van der Waals surface area contributed by atoms with Crippen molar-refractivity contribution in [1.82, 2.24) is 10.4 Å². The number of hydrazone groups is 1. The van der Waals surface area contributed by atoms with Crippen molar-refractivity contribution in [1.29, 1.82) is 0 Å². The number of halogens is 1. The van der Waals surface area contributed by atoms with Gasteiger partial charge in [0.2, 0.25) is 0 Å². The lowest BCUT2D eigenvalue weighted by atomic mass is 10.2. The van der Waals surface area contributed by atoms with Gasteiger partial charge in [-0.3, -0.25) is 4.79 Å². The molecule has 1 N–H and O–H groups in total. The number of para-hydroxylation sites is 2. The Morgan fingerprint density at radius 2 is 2.04 bits per heavy atom. The lowest BCUT2D eigenvalue weighted by molar-refractivity contribution is -0.118. The van der Waals surface area contributed by atoms with Crippen LogP contribution in [0.2, 0.25) is 0 Å². The summed E-state index contributed by atoms with van der Waals surface area (Å²) in [7, 11) is 0. The maximum Gasteiger partial charge on any atom is 0.257 e. The zero-order valence-electron chi connectivity index (χ0n) is 11.9. The molecule has 23 heavy (non-hydrogen) atoms. The fourth-order valence-electron chi connectivity index (χ4n) is 1.80. The van der Waals surface area contributed by atoms with Gasteiger partial charge >= 0.3 is 0 Å². The normalized spacial score (nSPS) is 11.2. The predicted octanol–water partition coefficient (Wildman–Crippen LogP) is 3.21. The topological polar surface area (TPSA) is 67.5 Å². The van der Waals surface area contributed by atoms with Crippen molar-refractivity contribution >= 4 is 35.0 Å². The van der Waals surface area contributed by atoms with Gasteiger partial charge in [-0.15, -0.1) is 0 Å². The molecule has 0 aliphatic rings. The van der Waals surface area contributed by atoms with Crippen LogP contribution in [0.3, 0.4) is 0 Å². The molecular formula is C16H12FN3O2S. The van der Waals surface area contributed by atoms with Gasteiger partial charge in [0, 0.05) is 0 Å². The van der Waals surface area contributed by atoms with Crippen molar-refractivity contribution in [2.24, 2.45) is 5.10 Å². The first-order chi connectivity index (χ1) is 11.2. The summed E-state index contributed by atoms with van der Waals surface area (Å²) in [5, 5.41) is 4.25. The zero-order valence-corrected chi connectivity index (χ0v) is 12.7. The van der Waals surface area contributed by atoms with Gasteiger partial charge in [0.1, 0.15) is 11.3 Å². The van der Waals surface area contributed by atoms with Crippen LogP contribution in [-0.4, -0.2) is 22.9 Å². The molecule has 0 fully saturated rings. The number of thioether (sulfide) groups is 1. The lowest BCUT2D eigenvalue weighted by Crippen LogP contribution is -2.19. The van der Waals surface area contributed by atoms with Gasteiger partial charge in [-0.2, -0.15) is 5.10 Å². The van der Waals surface area contributed by atoms with Gasteiger partial charge in [-0.1, -0.05) is 36.0 Å². The molecule has 0 atom stereocenters. The number of fused-ring (bicyclic) bond motifs is 1. The first-order valence-electron chi connectivity index (χ1n) is 6.76. The molecule has 2 aromatic carbocycles. The van der Waals surface area contributed by atoms with E-state index >= 15 is 0 Å². The Kier molecular flexibility index (Phi) is 4.68. The maximum atomic E-state index is 12.7. The van der Waals surface area contributed by atoms with Gasteiger partial charge in [-0.05, 0) is 29.8 Å². The number of nitrogens with zero attached hydrogens (tertiary/aromatic N) is 2. The second-order valence-corrected chi connectivity index (χ2v) is 5.51. The molecule has 5 nitrogen and oxygen atoms in total. The lowest BCUT2D eigenvalue weighted by Gasteiger charge is -1.97. The highest BCUT2D eigenvalue weighted by molar-refractivity contribution is 7.99. The number of benzene rings is 2. The molecule has 3 aromatic rings. The molecule has 1 amide bonds. The van der Waals surface area contributed by atoms with E-state index in [1.165, 1.54) is 30.1 Å². The van der Waals surface area contributed by atoms with Crippen LogP contribution in [0.25, 0.3) is 11.1 Å². The Hall–Kier alpha value is -2.67. The molecule has 0 aliphatic heterocycles. The zero-order chi connectivity index (χ0) is 16.1. The summed E-state index contributed by atoms with van der Waals surface area (Å²) in [5.41, 5.74) is 4.53. The number of carbonyl (C=O) groups excluding carboxylic acids is 1. The van der Waals surface area contributed by atoms with Crippen molar-refractivity contribution in [2.45, 2.75) is 5.22 Å². The van der Waals surface area contributed by atoms with Gasteiger partial charge in [0.25, 0.3) is 11.1 Å². The minimum Gasteiger partial charge on any atom is -0.431 e. The van der Waals surface area contributed by atoms with Crippen LogP contribution in [0.1, 0.15) is 5.56 Å². The fourth-order valence-corrected chi connectivity index (χ4v) is 2.43. The van der Waals surface area contributed by atoms with E-state index in [-0.39, 0.29) is 17.5 Å². The third-order valence-corrected chi connectivity index (χ3v) is 3.70. The predicted molar refractivity (Wildman–Crippen MR) is 86.9 cm³/mol. The van der Waals surface area contributed by atoms with Gasteiger partial charge in [0.15, 0.2) is 5.58 Å². The van der Waals surface area contributed by atoms with Crippen LogP contribution >= 0.6 is 11.8 Å². The number of rotatable bonds is 5. The number of hydrogen-bond donors (Lipinski definition) is 1. The van der Waals surface area contributed by atoms with Crippen molar-refractivity contribution in [3.8, 4) is 0 Å². The van der Waals surface area contributed by atoms with Crippen molar-refractivity contribution < 1.29 is 13.6 Å². The number of amides is 1. The molecule has 116 valence electrons. The summed E-state index contributed by atoms with van der Waals surface area (Å²) in [6.07, 6.45) is 1.45. The number of oxazole rings is 1. The molecule has 7 heteroatoms. The minimum absolute atomic E-state index is 0.133. The van der Waals surface area contributed by atoms with E-state index in [9.17, 15) is 9.18 Å². The van der Waals surface area contributed by atoms with Crippen LogP contribution in [0, 0.1) is 5.82 Å². The van der Waals surface area contributed by atoms with E-state index in [1.807, 2.05) is 24.3 Å². The summed E-state index contributed by atoms with van der Waals surface area (Å²) >= 11 is 1.19. The Labute approximate surface area is 135 Å². The molecule has 3 rings (SSSR count). The molecule has 0 spiro atoms. The average Bonchev–Trinajstić information content (AvgIpc) is 2.98. The van der Waals surface area contributed by atoms with Crippen LogP contribution in [0.15, 0.2) is 63.3 Å². The van der Waals surface area contributed by atoms with Gasteiger partial charge in [0.05, 0.1) is 12.0 Å². The molecular weight excluding hydrogens is 317 g/mol. The Balaban J connectivity index is 1.50. The summed E-state index contributed by atoms with van der Waals surface area (Å²) < 4.78 is 18.2. The number of aromatic nitrogens is 1. The van der Waals surface area contributed by atoms with Crippen LogP contribution in [-0.2, 0) is 4.79 Å². The first kappa shape index (κ1) is 15.2. The van der Waals surface area contributed by atoms with Crippen LogP contribution in [0.5, 0.6) is 0 Å². The minimum atomic E-state index is -0.319. The third kappa shape index (κ3) is 4.17. The van der Waals surface area contributed by atoms with E-state index in [0.29, 0.717) is 16.4 Å². The first-order valence-corrected chi connectivity index (χ1v) is 7.75. The second-order valence-electron chi connectivity index (χ2n) is 4.58. The summed E-state index contributed by atoms with van der Waals surface area (Å²) in [6.45, 7) is 0. The molecule has 0 unspecified atom stereocenters. The SMILES string of the molecule is O=C(CSc1nc2ccccc2o1)NN=Cc1ccc(F)cc1. The molecule has 0 bridgehead atoms. The summed E-state index contributed by atoms with van der Waals surface area (Å²) in [6, 6.07) is 13.2. The van der Waals surface area contributed by atoms with E-state index < -0.39 is 0 Å². The highest BCUT2D eigenvalue weighted by Gasteiger charge is 2.08. The monoisotopic (exact) mass is 329 g/mol. The van der Waals surface area contributed by atoms with Crippen molar-refractivity contribution in [3.63, 3.8) is 0 Å². The average molecular weight is 329 g/mol.